The predicted octanol–water partition coefficient (Wildman–Crippen LogP) is 4.24. The van der Waals surface area contributed by atoms with Crippen LogP contribution in [0.25, 0.3) is 11.4 Å². The van der Waals surface area contributed by atoms with Crippen molar-refractivity contribution >= 4 is 17.6 Å². The van der Waals surface area contributed by atoms with E-state index < -0.39 is 0 Å². The van der Waals surface area contributed by atoms with Crippen LogP contribution in [0.2, 0.25) is 0 Å². The number of anilines is 1. The van der Waals surface area contributed by atoms with Gasteiger partial charge in [0.1, 0.15) is 16.6 Å². The summed E-state index contributed by atoms with van der Waals surface area (Å²) in [6.07, 6.45) is 1.69. The SMILES string of the molecule is CNc1cc(Sc2ccoc2C)nc(-c2ccccc2)n1. The summed E-state index contributed by atoms with van der Waals surface area (Å²) in [6, 6.07) is 13.8. The third-order valence-corrected chi connectivity index (χ3v) is 4.08. The molecule has 0 saturated heterocycles. The topological polar surface area (TPSA) is 51.0 Å². The zero-order valence-electron chi connectivity index (χ0n) is 11.8. The molecule has 0 saturated carbocycles. The Morgan fingerprint density at radius 3 is 2.57 bits per heavy atom. The van der Waals surface area contributed by atoms with Gasteiger partial charge in [-0.15, -0.1) is 0 Å². The first kappa shape index (κ1) is 13.7. The van der Waals surface area contributed by atoms with Gasteiger partial charge in [-0.05, 0) is 13.0 Å². The van der Waals surface area contributed by atoms with Crippen molar-refractivity contribution in [2.24, 2.45) is 0 Å². The second-order valence-corrected chi connectivity index (χ2v) is 5.54. The first-order chi connectivity index (χ1) is 10.3. The third-order valence-electron chi connectivity index (χ3n) is 3.02. The zero-order valence-corrected chi connectivity index (χ0v) is 12.6. The van der Waals surface area contributed by atoms with Crippen molar-refractivity contribution in [1.29, 1.82) is 0 Å². The quantitative estimate of drug-likeness (QED) is 0.730. The Kier molecular flexibility index (Phi) is 3.92. The molecule has 21 heavy (non-hydrogen) atoms. The fourth-order valence-corrected chi connectivity index (χ4v) is 2.76. The van der Waals surface area contributed by atoms with Crippen LogP contribution in [0.3, 0.4) is 0 Å². The highest BCUT2D eigenvalue weighted by Gasteiger charge is 2.10. The molecule has 0 amide bonds. The summed E-state index contributed by atoms with van der Waals surface area (Å²) in [5.74, 6) is 2.41. The molecule has 2 aromatic heterocycles. The minimum atomic E-state index is 0.714. The summed E-state index contributed by atoms with van der Waals surface area (Å²) in [7, 11) is 1.86. The van der Waals surface area contributed by atoms with Crippen LogP contribution in [0, 0.1) is 6.92 Å². The molecule has 106 valence electrons. The van der Waals surface area contributed by atoms with E-state index in [4.69, 9.17) is 4.42 Å². The number of aryl methyl sites for hydroxylation is 1. The number of nitrogens with zero attached hydrogens (tertiary/aromatic N) is 2. The largest absolute Gasteiger partial charge is 0.468 e. The first-order valence-corrected chi connectivity index (χ1v) is 7.42. The second kappa shape index (κ2) is 6.01. The Balaban J connectivity index is 1.99. The molecule has 0 radical (unpaired) electrons. The summed E-state index contributed by atoms with van der Waals surface area (Å²) in [5.41, 5.74) is 1.00. The summed E-state index contributed by atoms with van der Waals surface area (Å²) in [6.45, 7) is 1.95. The Bertz CT molecular complexity index is 740. The Morgan fingerprint density at radius 2 is 1.90 bits per heavy atom. The average Bonchev–Trinajstić information content (AvgIpc) is 2.93. The molecule has 4 nitrogen and oxygen atoms in total. The van der Waals surface area contributed by atoms with Crippen LogP contribution in [0.4, 0.5) is 5.82 Å². The van der Waals surface area contributed by atoms with Crippen LogP contribution in [0.1, 0.15) is 5.76 Å². The van der Waals surface area contributed by atoms with E-state index in [2.05, 4.69) is 15.3 Å². The fourth-order valence-electron chi connectivity index (χ4n) is 1.91. The van der Waals surface area contributed by atoms with Gasteiger partial charge in [0, 0.05) is 18.7 Å². The lowest BCUT2D eigenvalue weighted by Gasteiger charge is -2.07. The highest BCUT2D eigenvalue weighted by molar-refractivity contribution is 7.99. The van der Waals surface area contributed by atoms with E-state index in [1.54, 1.807) is 18.0 Å². The van der Waals surface area contributed by atoms with E-state index in [9.17, 15) is 0 Å². The summed E-state index contributed by atoms with van der Waals surface area (Å²) < 4.78 is 5.33. The van der Waals surface area contributed by atoms with Crippen molar-refractivity contribution in [2.75, 3.05) is 12.4 Å². The van der Waals surface area contributed by atoms with E-state index in [0.29, 0.717) is 5.82 Å². The molecule has 3 aromatic rings. The molecule has 0 atom stereocenters. The second-order valence-electron chi connectivity index (χ2n) is 4.47. The maximum Gasteiger partial charge on any atom is 0.162 e. The van der Waals surface area contributed by atoms with Gasteiger partial charge in [-0.2, -0.15) is 0 Å². The highest BCUT2D eigenvalue weighted by Crippen LogP contribution is 2.31. The lowest BCUT2D eigenvalue weighted by Crippen LogP contribution is -1.98. The summed E-state index contributed by atoms with van der Waals surface area (Å²) >= 11 is 1.57. The molecule has 0 bridgehead atoms. The molecule has 0 spiro atoms. The van der Waals surface area contributed by atoms with Gasteiger partial charge in [-0.1, -0.05) is 42.1 Å². The Hall–Kier alpha value is -2.27. The van der Waals surface area contributed by atoms with Gasteiger partial charge in [-0.25, -0.2) is 9.97 Å². The molecule has 0 aliphatic heterocycles. The minimum Gasteiger partial charge on any atom is -0.468 e. The molecule has 0 fully saturated rings. The zero-order chi connectivity index (χ0) is 14.7. The van der Waals surface area contributed by atoms with Crippen molar-refractivity contribution in [3.8, 4) is 11.4 Å². The Morgan fingerprint density at radius 1 is 1.10 bits per heavy atom. The predicted molar refractivity (Wildman–Crippen MR) is 84.6 cm³/mol. The maximum absolute atomic E-state index is 5.33. The molecule has 1 aromatic carbocycles. The first-order valence-electron chi connectivity index (χ1n) is 6.60. The summed E-state index contributed by atoms with van der Waals surface area (Å²) in [4.78, 5) is 10.2. The number of nitrogens with one attached hydrogen (secondary N) is 1. The lowest BCUT2D eigenvalue weighted by molar-refractivity contribution is 0.527. The van der Waals surface area contributed by atoms with Crippen molar-refractivity contribution in [2.45, 2.75) is 16.8 Å². The molecule has 0 aliphatic carbocycles. The van der Waals surface area contributed by atoms with Gasteiger partial charge in [-0.3, -0.25) is 0 Å². The maximum atomic E-state index is 5.33. The highest BCUT2D eigenvalue weighted by atomic mass is 32.2. The van der Waals surface area contributed by atoms with E-state index in [-0.39, 0.29) is 0 Å². The molecular formula is C16H15N3OS. The van der Waals surface area contributed by atoms with Gasteiger partial charge >= 0.3 is 0 Å². The van der Waals surface area contributed by atoms with E-state index in [1.165, 1.54) is 0 Å². The number of hydrogen-bond donors (Lipinski definition) is 1. The Labute approximate surface area is 127 Å². The van der Waals surface area contributed by atoms with Crippen molar-refractivity contribution < 1.29 is 4.42 Å². The molecule has 1 N–H and O–H groups in total. The van der Waals surface area contributed by atoms with Gasteiger partial charge in [0.25, 0.3) is 0 Å². The fraction of sp³-hybridized carbons (Fsp3) is 0.125. The number of benzene rings is 1. The number of aromatic nitrogens is 2. The van der Waals surface area contributed by atoms with Gasteiger partial charge in [0.2, 0.25) is 0 Å². The molecule has 2 heterocycles. The number of rotatable bonds is 4. The van der Waals surface area contributed by atoms with E-state index in [0.717, 1.165) is 27.1 Å². The van der Waals surface area contributed by atoms with Crippen LogP contribution >= 0.6 is 11.8 Å². The molecule has 3 rings (SSSR count). The molecule has 0 unspecified atom stereocenters. The number of furan rings is 1. The van der Waals surface area contributed by atoms with Gasteiger partial charge in [0.05, 0.1) is 11.2 Å². The van der Waals surface area contributed by atoms with Crippen LogP contribution < -0.4 is 5.32 Å². The van der Waals surface area contributed by atoms with Crippen LogP contribution in [-0.4, -0.2) is 17.0 Å². The number of hydrogen-bond acceptors (Lipinski definition) is 5. The van der Waals surface area contributed by atoms with Crippen LogP contribution in [-0.2, 0) is 0 Å². The van der Waals surface area contributed by atoms with Crippen molar-refractivity contribution in [3.63, 3.8) is 0 Å². The van der Waals surface area contributed by atoms with Crippen LogP contribution in [0.15, 0.2) is 63.1 Å². The summed E-state index contributed by atoms with van der Waals surface area (Å²) in [5, 5.41) is 3.97. The molecular weight excluding hydrogens is 282 g/mol. The van der Waals surface area contributed by atoms with E-state index >= 15 is 0 Å². The normalized spacial score (nSPS) is 10.6. The lowest BCUT2D eigenvalue weighted by atomic mass is 10.2. The van der Waals surface area contributed by atoms with Gasteiger partial charge < -0.3 is 9.73 Å². The van der Waals surface area contributed by atoms with Crippen molar-refractivity contribution in [3.05, 3.63) is 54.5 Å². The molecule has 0 aliphatic rings. The van der Waals surface area contributed by atoms with E-state index in [1.807, 2.05) is 56.4 Å². The monoisotopic (exact) mass is 297 g/mol. The van der Waals surface area contributed by atoms with Crippen LogP contribution in [0.5, 0.6) is 0 Å². The average molecular weight is 297 g/mol. The standard InChI is InChI=1S/C16H15N3OS/c1-11-13(8-9-20-11)21-15-10-14(17-2)18-16(19-15)12-6-4-3-5-7-12/h3-10H,1-2H3,(H,17,18,19). The molecule has 5 heteroatoms. The van der Waals surface area contributed by atoms with Crippen molar-refractivity contribution in [1.82, 2.24) is 9.97 Å². The smallest absolute Gasteiger partial charge is 0.162 e. The van der Waals surface area contributed by atoms with Gasteiger partial charge in [0.15, 0.2) is 5.82 Å². The third kappa shape index (κ3) is 3.08. The minimum absolute atomic E-state index is 0.714.